The first-order valence-corrected chi connectivity index (χ1v) is 8.56. The molecule has 0 aromatic heterocycles. The third kappa shape index (κ3) is 4.09. The molecule has 2 rings (SSSR count). The maximum Gasteiger partial charge on any atom is 0.237 e. The lowest BCUT2D eigenvalue weighted by Crippen LogP contribution is -2.56. The lowest BCUT2D eigenvalue weighted by atomic mass is 9.80. The molecule has 0 aliphatic rings. The summed E-state index contributed by atoms with van der Waals surface area (Å²) in [4.78, 5) is 12.6. The van der Waals surface area contributed by atoms with Gasteiger partial charge in [-0.15, -0.1) is 0 Å². The number of nitrogens with two attached hydrogens (primary N) is 1. The highest BCUT2D eigenvalue weighted by Gasteiger charge is 2.40. The van der Waals surface area contributed by atoms with Gasteiger partial charge in [-0.05, 0) is 23.5 Å². The molecule has 1 amide bonds. The van der Waals surface area contributed by atoms with E-state index in [0.717, 1.165) is 11.1 Å². The van der Waals surface area contributed by atoms with Gasteiger partial charge in [-0.2, -0.15) is 0 Å². The average Bonchev–Trinajstić information content (AvgIpc) is 2.60. The van der Waals surface area contributed by atoms with Crippen molar-refractivity contribution in [3.8, 4) is 0 Å². The highest BCUT2D eigenvalue weighted by molar-refractivity contribution is 5.82. The van der Waals surface area contributed by atoms with E-state index in [4.69, 9.17) is 5.73 Å². The van der Waals surface area contributed by atoms with Crippen molar-refractivity contribution in [2.45, 2.75) is 45.4 Å². The molecule has 2 atom stereocenters. The van der Waals surface area contributed by atoms with E-state index in [0.29, 0.717) is 0 Å². The van der Waals surface area contributed by atoms with Gasteiger partial charge in [-0.25, -0.2) is 0 Å². The van der Waals surface area contributed by atoms with Crippen molar-refractivity contribution < 1.29 is 9.90 Å². The molecule has 0 saturated carbocycles. The Kier molecular flexibility index (Phi) is 5.65. The Morgan fingerprint density at radius 1 is 0.960 bits per heavy atom. The van der Waals surface area contributed by atoms with Crippen molar-refractivity contribution in [3.05, 3.63) is 71.8 Å². The molecule has 0 radical (unpaired) electrons. The number of nitrogens with one attached hydrogen (secondary N) is 1. The minimum absolute atomic E-state index is 0.273. The SMILES string of the molecule is C[C@H](NC(=O)[C@@H](N)C(C)(C)C)C(O)(c1ccccc1)c1ccccc1. The predicted molar refractivity (Wildman–Crippen MR) is 101 cm³/mol. The van der Waals surface area contributed by atoms with Crippen LogP contribution in [0.5, 0.6) is 0 Å². The van der Waals surface area contributed by atoms with Crippen molar-refractivity contribution in [1.82, 2.24) is 5.32 Å². The molecule has 0 fully saturated rings. The molecular formula is C21H28N2O2. The van der Waals surface area contributed by atoms with Gasteiger partial charge in [-0.3, -0.25) is 4.79 Å². The van der Waals surface area contributed by atoms with Crippen LogP contribution in [0.3, 0.4) is 0 Å². The van der Waals surface area contributed by atoms with Crippen LogP contribution in [0.4, 0.5) is 0 Å². The summed E-state index contributed by atoms with van der Waals surface area (Å²) in [5.41, 5.74) is 5.80. The number of carbonyl (C=O) groups excluding carboxylic acids is 1. The van der Waals surface area contributed by atoms with Gasteiger partial charge in [0, 0.05) is 0 Å². The third-order valence-electron chi connectivity index (χ3n) is 4.63. The number of aliphatic hydroxyl groups is 1. The second-order valence-electron chi connectivity index (χ2n) is 7.57. The quantitative estimate of drug-likeness (QED) is 0.783. The number of amides is 1. The molecule has 0 bridgehead atoms. The molecule has 4 heteroatoms. The maximum absolute atomic E-state index is 12.6. The molecular weight excluding hydrogens is 312 g/mol. The topological polar surface area (TPSA) is 75.4 Å². The van der Waals surface area contributed by atoms with Crippen LogP contribution in [0.1, 0.15) is 38.8 Å². The zero-order valence-corrected chi connectivity index (χ0v) is 15.4. The maximum atomic E-state index is 12.6. The van der Waals surface area contributed by atoms with E-state index in [1.54, 1.807) is 6.92 Å². The summed E-state index contributed by atoms with van der Waals surface area (Å²) >= 11 is 0. The highest BCUT2D eigenvalue weighted by atomic mass is 16.3. The first kappa shape index (κ1) is 19.2. The Morgan fingerprint density at radius 2 is 1.36 bits per heavy atom. The molecule has 0 saturated heterocycles. The molecule has 0 aliphatic carbocycles. The zero-order valence-electron chi connectivity index (χ0n) is 15.4. The lowest BCUT2D eigenvalue weighted by molar-refractivity contribution is -0.126. The van der Waals surface area contributed by atoms with Crippen LogP contribution in [0, 0.1) is 5.41 Å². The molecule has 134 valence electrons. The smallest absolute Gasteiger partial charge is 0.237 e. The highest BCUT2D eigenvalue weighted by Crippen LogP contribution is 2.33. The van der Waals surface area contributed by atoms with Crippen LogP contribution in [-0.4, -0.2) is 23.1 Å². The fraction of sp³-hybridized carbons (Fsp3) is 0.381. The van der Waals surface area contributed by atoms with Gasteiger partial charge in [0.25, 0.3) is 0 Å². The van der Waals surface area contributed by atoms with E-state index >= 15 is 0 Å². The average molecular weight is 340 g/mol. The number of carbonyl (C=O) groups is 1. The van der Waals surface area contributed by atoms with Gasteiger partial charge in [-0.1, -0.05) is 81.4 Å². The molecule has 4 nitrogen and oxygen atoms in total. The molecule has 0 unspecified atom stereocenters. The second-order valence-corrected chi connectivity index (χ2v) is 7.57. The Hall–Kier alpha value is -2.17. The summed E-state index contributed by atoms with van der Waals surface area (Å²) in [6.45, 7) is 7.56. The van der Waals surface area contributed by atoms with Crippen LogP contribution in [0.15, 0.2) is 60.7 Å². The van der Waals surface area contributed by atoms with Crippen LogP contribution in [-0.2, 0) is 10.4 Å². The zero-order chi connectivity index (χ0) is 18.7. The molecule has 2 aromatic rings. The monoisotopic (exact) mass is 340 g/mol. The number of hydrogen-bond acceptors (Lipinski definition) is 3. The van der Waals surface area contributed by atoms with Gasteiger partial charge in [0.05, 0.1) is 12.1 Å². The van der Waals surface area contributed by atoms with E-state index in [2.05, 4.69) is 5.32 Å². The fourth-order valence-corrected chi connectivity index (χ4v) is 2.85. The van der Waals surface area contributed by atoms with Crippen LogP contribution >= 0.6 is 0 Å². The predicted octanol–water partition coefficient (Wildman–Crippen LogP) is 2.80. The normalized spacial score (nSPS) is 14.6. The number of rotatable bonds is 5. The van der Waals surface area contributed by atoms with Gasteiger partial charge in [0.1, 0.15) is 5.60 Å². The largest absolute Gasteiger partial charge is 0.378 e. The lowest BCUT2D eigenvalue weighted by Gasteiger charge is -2.37. The van der Waals surface area contributed by atoms with Crippen molar-refractivity contribution in [1.29, 1.82) is 0 Å². The Balaban J connectivity index is 2.38. The van der Waals surface area contributed by atoms with Crippen LogP contribution < -0.4 is 11.1 Å². The van der Waals surface area contributed by atoms with E-state index < -0.39 is 17.7 Å². The molecule has 0 aliphatic heterocycles. The van der Waals surface area contributed by atoms with E-state index in [1.165, 1.54) is 0 Å². The molecule has 0 spiro atoms. The van der Waals surface area contributed by atoms with E-state index in [1.807, 2.05) is 81.4 Å². The summed E-state index contributed by atoms with van der Waals surface area (Å²) in [6, 6.07) is 17.5. The third-order valence-corrected chi connectivity index (χ3v) is 4.63. The Morgan fingerprint density at radius 3 is 1.72 bits per heavy atom. The van der Waals surface area contributed by atoms with Gasteiger partial charge in [0.15, 0.2) is 0 Å². The summed E-state index contributed by atoms with van der Waals surface area (Å²) < 4.78 is 0. The van der Waals surface area contributed by atoms with Crippen molar-refractivity contribution in [2.75, 3.05) is 0 Å². The molecule has 0 heterocycles. The Bertz CT molecular complexity index is 653. The van der Waals surface area contributed by atoms with Gasteiger partial charge in [0.2, 0.25) is 5.91 Å². The summed E-state index contributed by atoms with van der Waals surface area (Å²) in [7, 11) is 0. The number of hydrogen-bond donors (Lipinski definition) is 3. The van der Waals surface area contributed by atoms with Crippen molar-refractivity contribution >= 4 is 5.91 Å². The van der Waals surface area contributed by atoms with E-state index in [9.17, 15) is 9.90 Å². The minimum atomic E-state index is -1.35. The fourth-order valence-electron chi connectivity index (χ4n) is 2.85. The summed E-state index contributed by atoms with van der Waals surface area (Å²) in [5, 5.41) is 14.5. The first-order valence-electron chi connectivity index (χ1n) is 8.56. The summed E-state index contributed by atoms with van der Waals surface area (Å²) in [5.74, 6) is -0.273. The summed E-state index contributed by atoms with van der Waals surface area (Å²) in [6.07, 6.45) is 0. The molecule has 2 aromatic carbocycles. The Labute approximate surface area is 150 Å². The van der Waals surface area contributed by atoms with Gasteiger partial charge >= 0.3 is 0 Å². The standard InChI is InChI=1S/C21H28N2O2/c1-15(23-19(24)18(22)20(2,3)4)21(25,16-11-7-5-8-12-16)17-13-9-6-10-14-17/h5-15,18,25H,22H2,1-4H3,(H,23,24)/t15-,18+/m0/s1. The molecule has 4 N–H and O–H groups in total. The molecule has 25 heavy (non-hydrogen) atoms. The van der Waals surface area contributed by atoms with Gasteiger partial charge < -0.3 is 16.2 Å². The van der Waals surface area contributed by atoms with Crippen LogP contribution in [0.2, 0.25) is 0 Å². The second kappa shape index (κ2) is 7.38. The first-order chi connectivity index (χ1) is 11.7. The van der Waals surface area contributed by atoms with Crippen molar-refractivity contribution in [3.63, 3.8) is 0 Å². The van der Waals surface area contributed by atoms with Crippen molar-refractivity contribution in [2.24, 2.45) is 11.1 Å². The van der Waals surface area contributed by atoms with E-state index in [-0.39, 0.29) is 11.3 Å². The van der Waals surface area contributed by atoms with Crippen LogP contribution in [0.25, 0.3) is 0 Å². The minimum Gasteiger partial charge on any atom is -0.378 e. The number of benzene rings is 2.